The zero-order valence-corrected chi connectivity index (χ0v) is 20.9. The maximum atomic E-state index is 13.4. The highest BCUT2D eigenvalue weighted by atomic mass is 32.2. The highest BCUT2D eigenvalue weighted by Gasteiger charge is 2.70. The minimum Gasteiger partial charge on any atom is -0.325 e. The van der Waals surface area contributed by atoms with E-state index in [4.69, 9.17) is 0 Å². The minimum atomic E-state index is -4.56. The number of rotatable bonds is 3. The van der Waals surface area contributed by atoms with Crippen LogP contribution in [0.15, 0.2) is 34.1 Å². The molecule has 2 bridgehead atoms. The first-order valence-corrected chi connectivity index (χ1v) is 13.3. The first kappa shape index (κ1) is 23.8. The number of nitrogens with one attached hydrogen (secondary N) is 2. The molecular weight excluding hydrogens is 515 g/mol. The first-order chi connectivity index (χ1) is 16.9. The quantitative estimate of drug-likeness (QED) is 0.582. The molecule has 12 heteroatoms. The third kappa shape index (κ3) is 3.33. The fourth-order valence-electron chi connectivity index (χ4n) is 6.99. The molecule has 0 spiro atoms. The maximum Gasteiger partial charge on any atom is 0.416 e. The summed E-state index contributed by atoms with van der Waals surface area (Å²) in [5.74, 6) is -2.49. The normalized spacial score (nSPS) is 31.9. The molecular formula is C24H22F3N3O4S2. The highest BCUT2D eigenvalue weighted by Crippen LogP contribution is 2.68. The van der Waals surface area contributed by atoms with Gasteiger partial charge in [0.15, 0.2) is 0 Å². The van der Waals surface area contributed by atoms with Gasteiger partial charge in [-0.25, -0.2) is 0 Å². The Bertz CT molecular complexity index is 1370. The van der Waals surface area contributed by atoms with Crippen LogP contribution in [0.3, 0.4) is 0 Å². The minimum absolute atomic E-state index is 0.0363. The van der Waals surface area contributed by atoms with Crippen molar-refractivity contribution < 1.29 is 27.6 Å². The largest absolute Gasteiger partial charge is 0.416 e. The number of fused-ring (bicyclic) bond motifs is 9. The molecule has 7 nitrogen and oxygen atoms in total. The lowest BCUT2D eigenvalue weighted by molar-refractivity contribution is -0.143. The zero-order chi connectivity index (χ0) is 25.7. The van der Waals surface area contributed by atoms with Crippen LogP contribution < -0.4 is 10.2 Å². The van der Waals surface area contributed by atoms with Crippen LogP contribution in [0.2, 0.25) is 0 Å². The number of halogens is 3. The van der Waals surface area contributed by atoms with E-state index < -0.39 is 41.9 Å². The number of thiazole rings is 1. The molecule has 1 saturated heterocycles. The number of benzene rings is 1. The van der Waals surface area contributed by atoms with E-state index in [1.165, 1.54) is 23.5 Å². The van der Waals surface area contributed by atoms with Crippen molar-refractivity contribution in [2.45, 2.75) is 42.1 Å². The van der Waals surface area contributed by atoms with Crippen molar-refractivity contribution in [2.24, 2.45) is 29.6 Å². The third-order valence-corrected chi connectivity index (χ3v) is 11.1. The number of amides is 3. The van der Waals surface area contributed by atoms with Gasteiger partial charge in [0.25, 0.3) is 0 Å². The van der Waals surface area contributed by atoms with Crippen LogP contribution in [0.1, 0.15) is 30.7 Å². The SMILES string of the molecule is CC1(C)c2sc(=O)[nH]c2S[C@@H]2[C@H]3C[C@@H]([C@@H]4C(=O)N(CC(=O)Nc5cccc(C(F)(F)F)c5)C(=O)[C@@H]34)[C@H]21. The zero-order valence-electron chi connectivity index (χ0n) is 19.2. The smallest absolute Gasteiger partial charge is 0.325 e. The van der Waals surface area contributed by atoms with Gasteiger partial charge in [0.1, 0.15) is 6.54 Å². The molecule has 2 aliphatic carbocycles. The Balaban J connectivity index is 1.22. The van der Waals surface area contributed by atoms with Gasteiger partial charge in [-0.1, -0.05) is 31.3 Å². The molecule has 1 aromatic carbocycles. The van der Waals surface area contributed by atoms with Gasteiger partial charge in [-0.15, -0.1) is 11.8 Å². The van der Waals surface area contributed by atoms with E-state index >= 15 is 0 Å². The van der Waals surface area contributed by atoms with Crippen molar-refractivity contribution in [3.05, 3.63) is 44.4 Å². The molecule has 0 unspecified atom stereocenters. The van der Waals surface area contributed by atoms with Crippen LogP contribution >= 0.6 is 23.1 Å². The van der Waals surface area contributed by atoms with E-state index in [2.05, 4.69) is 24.1 Å². The van der Waals surface area contributed by atoms with Gasteiger partial charge in [0.05, 0.1) is 22.4 Å². The highest BCUT2D eigenvalue weighted by molar-refractivity contribution is 8.00. The lowest BCUT2D eigenvalue weighted by Gasteiger charge is -2.47. The van der Waals surface area contributed by atoms with Gasteiger partial charge in [0.2, 0.25) is 17.7 Å². The van der Waals surface area contributed by atoms with E-state index in [1.54, 1.807) is 11.8 Å². The van der Waals surface area contributed by atoms with Gasteiger partial charge >= 0.3 is 11.0 Å². The molecule has 2 saturated carbocycles. The van der Waals surface area contributed by atoms with Crippen molar-refractivity contribution in [1.29, 1.82) is 0 Å². The second-order valence-corrected chi connectivity index (χ2v) is 12.7. The van der Waals surface area contributed by atoms with Gasteiger partial charge in [0, 0.05) is 21.2 Å². The summed E-state index contributed by atoms with van der Waals surface area (Å²) in [6, 6.07) is 4.21. The fourth-order valence-corrected chi connectivity index (χ4v) is 10.1. The molecule has 6 atom stereocenters. The number of H-pyrrole nitrogens is 1. The van der Waals surface area contributed by atoms with Crippen molar-refractivity contribution in [3.8, 4) is 0 Å². The summed E-state index contributed by atoms with van der Waals surface area (Å²) in [4.78, 5) is 56.2. The van der Waals surface area contributed by atoms with Crippen LogP contribution in [0.25, 0.3) is 0 Å². The number of aromatic amines is 1. The van der Waals surface area contributed by atoms with E-state index in [-0.39, 0.29) is 44.9 Å². The van der Waals surface area contributed by atoms with Crippen LogP contribution in [0.5, 0.6) is 0 Å². The van der Waals surface area contributed by atoms with Crippen LogP contribution in [-0.4, -0.2) is 39.4 Å². The fraction of sp³-hybridized carbons (Fsp3) is 0.500. The van der Waals surface area contributed by atoms with Gasteiger partial charge in [-0.3, -0.25) is 24.1 Å². The van der Waals surface area contributed by atoms with Crippen molar-refractivity contribution in [3.63, 3.8) is 0 Å². The van der Waals surface area contributed by atoms with Crippen molar-refractivity contribution >= 4 is 46.5 Å². The maximum absolute atomic E-state index is 13.4. The molecule has 2 N–H and O–H groups in total. The number of alkyl halides is 3. The standard InChI is InChI=1S/C24H22F3N3O4S2/c1-23(2)16-11-7-12(17(16)35-19-18(23)36-22(34)29-19)15-14(11)20(32)30(21(15)33)8-13(31)28-10-5-3-4-9(6-10)24(25,26)27/h3-6,11-12,14-17H,7-8H2,1-2H3,(H,28,31)(H,29,34)/t11-,12-,14-,15-,16+,17+/m0/s1. The number of thioether (sulfide) groups is 1. The molecule has 3 fully saturated rings. The molecule has 6 rings (SSSR count). The topological polar surface area (TPSA) is 99.3 Å². The number of likely N-dealkylation sites (tertiary alicyclic amines) is 1. The Labute approximate surface area is 211 Å². The molecule has 190 valence electrons. The summed E-state index contributed by atoms with van der Waals surface area (Å²) in [7, 11) is 0. The Morgan fingerprint density at radius 2 is 1.86 bits per heavy atom. The monoisotopic (exact) mass is 537 g/mol. The van der Waals surface area contributed by atoms with E-state index in [0.29, 0.717) is 0 Å². The molecule has 1 aromatic heterocycles. The summed E-state index contributed by atoms with van der Waals surface area (Å²) in [6.45, 7) is 3.64. The lowest BCUT2D eigenvalue weighted by atomic mass is 9.64. The number of carbonyl (C=O) groups is 3. The second kappa shape index (κ2) is 7.70. The molecule has 2 aliphatic heterocycles. The first-order valence-electron chi connectivity index (χ1n) is 11.6. The van der Waals surface area contributed by atoms with E-state index in [9.17, 15) is 32.3 Å². The van der Waals surface area contributed by atoms with E-state index in [1.807, 2.05) is 0 Å². The molecule has 4 aliphatic rings. The predicted molar refractivity (Wildman–Crippen MR) is 126 cm³/mol. The van der Waals surface area contributed by atoms with Crippen molar-refractivity contribution in [2.75, 3.05) is 11.9 Å². The summed E-state index contributed by atoms with van der Waals surface area (Å²) in [5, 5.41) is 3.31. The van der Waals surface area contributed by atoms with E-state index in [0.717, 1.165) is 33.4 Å². The van der Waals surface area contributed by atoms with Crippen LogP contribution in [-0.2, 0) is 26.0 Å². The van der Waals surface area contributed by atoms with Gasteiger partial charge in [-0.2, -0.15) is 13.2 Å². The van der Waals surface area contributed by atoms with Gasteiger partial charge in [-0.05, 0) is 42.4 Å². The van der Waals surface area contributed by atoms with Gasteiger partial charge < -0.3 is 10.3 Å². The summed E-state index contributed by atoms with van der Waals surface area (Å²) < 4.78 is 39.0. The molecule has 3 heterocycles. The molecule has 2 aromatic rings. The molecule has 0 radical (unpaired) electrons. The molecule has 36 heavy (non-hydrogen) atoms. The average Bonchev–Trinajstić information content (AvgIpc) is 3.51. The number of hydrogen-bond acceptors (Lipinski definition) is 6. The number of anilines is 1. The number of carbonyl (C=O) groups excluding carboxylic acids is 3. The number of hydrogen-bond donors (Lipinski definition) is 2. The second-order valence-electron chi connectivity index (χ2n) is 10.5. The summed E-state index contributed by atoms with van der Waals surface area (Å²) >= 11 is 2.78. The summed E-state index contributed by atoms with van der Waals surface area (Å²) in [5.41, 5.74) is -1.30. The third-order valence-electron chi connectivity index (χ3n) is 8.26. The Kier molecular flexibility index (Phi) is 5.09. The Morgan fingerprint density at radius 3 is 2.56 bits per heavy atom. The number of imide groups is 1. The predicted octanol–water partition coefficient (Wildman–Crippen LogP) is 3.71. The van der Waals surface area contributed by atoms with Crippen LogP contribution in [0, 0.1) is 29.6 Å². The number of nitrogens with zero attached hydrogens (tertiary/aromatic N) is 1. The number of aromatic nitrogens is 1. The average molecular weight is 538 g/mol. The van der Waals surface area contributed by atoms with Crippen LogP contribution in [0.4, 0.5) is 18.9 Å². The Hall–Kier alpha value is -2.60. The Morgan fingerprint density at radius 1 is 1.17 bits per heavy atom. The molecule has 3 amide bonds. The van der Waals surface area contributed by atoms with Crippen molar-refractivity contribution in [1.82, 2.24) is 9.88 Å². The lowest BCUT2D eigenvalue weighted by Crippen LogP contribution is -2.48. The summed E-state index contributed by atoms with van der Waals surface area (Å²) in [6.07, 6.45) is -3.81.